The number of rotatable bonds is 2. The van der Waals surface area contributed by atoms with Gasteiger partial charge in [0.15, 0.2) is 4.99 Å². The van der Waals surface area contributed by atoms with Crippen molar-refractivity contribution in [2.45, 2.75) is 44.3 Å². The molecule has 126 valence electrons. The Kier molecular flexibility index (Phi) is 5.86. The zero-order valence-electron chi connectivity index (χ0n) is 12.2. The molecular formula is C15H16ClF3N2OS. The van der Waals surface area contributed by atoms with E-state index in [4.69, 9.17) is 23.8 Å². The average Bonchev–Trinajstić information content (AvgIpc) is 2.49. The fourth-order valence-corrected chi connectivity index (χ4v) is 2.92. The van der Waals surface area contributed by atoms with E-state index >= 15 is 0 Å². The summed E-state index contributed by atoms with van der Waals surface area (Å²) in [7, 11) is 0. The largest absolute Gasteiger partial charge is 0.416 e. The van der Waals surface area contributed by atoms with Gasteiger partial charge in [-0.1, -0.05) is 43.1 Å². The van der Waals surface area contributed by atoms with Gasteiger partial charge in [-0.25, -0.2) is 0 Å². The maximum atomic E-state index is 12.6. The normalized spacial score (nSPS) is 16.0. The minimum Gasteiger partial charge on any atom is -0.369 e. The second kappa shape index (κ2) is 7.49. The molecule has 1 aromatic rings. The summed E-state index contributed by atoms with van der Waals surface area (Å²) in [5.74, 6) is -0.577. The molecule has 0 unspecified atom stereocenters. The van der Waals surface area contributed by atoms with Crippen LogP contribution in [-0.2, 0) is 11.0 Å². The molecule has 3 nitrogen and oxygen atoms in total. The molecule has 2 N–H and O–H groups in total. The van der Waals surface area contributed by atoms with Gasteiger partial charge in [-0.05, 0) is 31.0 Å². The van der Waals surface area contributed by atoms with Crippen LogP contribution in [0.4, 0.5) is 18.9 Å². The van der Waals surface area contributed by atoms with Crippen LogP contribution in [0, 0.1) is 0 Å². The molecule has 1 saturated carbocycles. The van der Waals surface area contributed by atoms with E-state index in [1.54, 1.807) is 0 Å². The van der Waals surface area contributed by atoms with E-state index in [9.17, 15) is 18.0 Å². The van der Waals surface area contributed by atoms with Gasteiger partial charge < -0.3 is 10.6 Å². The van der Waals surface area contributed by atoms with Crippen LogP contribution in [-0.4, -0.2) is 16.9 Å². The number of thiocarbonyl (C=S) groups is 1. The van der Waals surface area contributed by atoms with Crippen LogP contribution in [0.5, 0.6) is 0 Å². The zero-order chi connectivity index (χ0) is 17.0. The van der Waals surface area contributed by atoms with Gasteiger partial charge in [0.25, 0.3) is 5.91 Å². The van der Waals surface area contributed by atoms with Crippen LogP contribution in [0.1, 0.15) is 37.7 Å². The van der Waals surface area contributed by atoms with E-state index in [1.807, 2.05) is 0 Å². The lowest BCUT2D eigenvalue weighted by Crippen LogP contribution is -2.41. The van der Waals surface area contributed by atoms with Gasteiger partial charge in [-0.15, -0.1) is 0 Å². The molecule has 1 aromatic carbocycles. The number of amides is 1. The first-order valence-corrected chi connectivity index (χ1v) is 8.04. The molecule has 0 aromatic heterocycles. The molecule has 2 rings (SSSR count). The Morgan fingerprint density at radius 2 is 1.87 bits per heavy atom. The number of benzene rings is 1. The first-order valence-electron chi connectivity index (χ1n) is 7.26. The summed E-state index contributed by atoms with van der Waals surface area (Å²) in [6, 6.07) is 2.92. The molecule has 0 spiro atoms. The third kappa shape index (κ3) is 5.07. The molecule has 23 heavy (non-hydrogen) atoms. The Bertz CT molecular complexity index is 601. The average molecular weight is 365 g/mol. The number of carbonyl (C=O) groups is 1. The molecule has 1 aliphatic carbocycles. The lowest BCUT2D eigenvalue weighted by atomic mass is 9.95. The topological polar surface area (TPSA) is 41.1 Å². The molecule has 1 fully saturated rings. The van der Waals surface area contributed by atoms with Crippen LogP contribution in [0.15, 0.2) is 18.2 Å². The standard InChI is InChI=1S/C15H16ClF3N2OS/c16-11-8-9(15(17,18)19)6-7-12(11)21-13(22)14(23)20-10-4-2-1-3-5-10/h6-8,10H,1-5H2,(H,20,23)(H,21,22). The third-order valence-electron chi connectivity index (χ3n) is 3.69. The Hall–Kier alpha value is -1.34. The van der Waals surface area contributed by atoms with Crippen molar-refractivity contribution in [1.29, 1.82) is 0 Å². The van der Waals surface area contributed by atoms with Crippen molar-refractivity contribution < 1.29 is 18.0 Å². The molecule has 0 atom stereocenters. The summed E-state index contributed by atoms with van der Waals surface area (Å²) >= 11 is 10.8. The predicted octanol–water partition coefficient (Wildman–Crippen LogP) is 4.55. The Labute approximate surface area is 142 Å². The first-order chi connectivity index (χ1) is 10.8. The second-order valence-electron chi connectivity index (χ2n) is 5.45. The van der Waals surface area contributed by atoms with Crippen molar-refractivity contribution in [2.24, 2.45) is 0 Å². The van der Waals surface area contributed by atoms with E-state index in [2.05, 4.69) is 10.6 Å². The molecular weight excluding hydrogens is 349 g/mol. The molecule has 0 heterocycles. The third-order valence-corrected chi connectivity index (χ3v) is 4.31. The highest BCUT2D eigenvalue weighted by atomic mass is 35.5. The molecule has 0 bridgehead atoms. The van der Waals surface area contributed by atoms with E-state index in [-0.39, 0.29) is 21.7 Å². The molecule has 0 aliphatic heterocycles. The van der Waals surface area contributed by atoms with Crippen LogP contribution in [0.3, 0.4) is 0 Å². The van der Waals surface area contributed by atoms with Gasteiger partial charge in [-0.3, -0.25) is 4.79 Å². The zero-order valence-corrected chi connectivity index (χ0v) is 13.7. The number of anilines is 1. The van der Waals surface area contributed by atoms with Crippen LogP contribution < -0.4 is 10.6 Å². The highest BCUT2D eigenvalue weighted by Gasteiger charge is 2.31. The van der Waals surface area contributed by atoms with E-state index in [0.29, 0.717) is 0 Å². The quantitative estimate of drug-likeness (QED) is 0.756. The minimum absolute atomic E-state index is 0.0212. The molecule has 0 radical (unpaired) electrons. The van der Waals surface area contributed by atoms with Crippen molar-refractivity contribution in [3.63, 3.8) is 0 Å². The lowest BCUT2D eigenvalue weighted by molar-refractivity contribution is -0.137. The number of carbonyl (C=O) groups excluding carboxylic acids is 1. The predicted molar refractivity (Wildman–Crippen MR) is 87.7 cm³/mol. The minimum atomic E-state index is -4.48. The van der Waals surface area contributed by atoms with Crippen molar-refractivity contribution in [3.05, 3.63) is 28.8 Å². The van der Waals surface area contributed by atoms with Gasteiger partial charge in [0, 0.05) is 6.04 Å². The fourth-order valence-electron chi connectivity index (χ4n) is 2.47. The van der Waals surface area contributed by atoms with Gasteiger partial charge >= 0.3 is 6.18 Å². The van der Waals surface area contributed by atoms with E-state index in [1.165, 1.54) is 6.42 Å². The van der Waals surface area contributed by atoms with Gasteiger partial charge in [-0.2, -0.15) is 13.2 Å². The van der Waals surface area contributed by atoms with Crippen LogP contribution in [0.2, 0.25) is 5.02 Å². The Morgan fingerprint density at radius 3 is 2.43 bits per heavy atom. The lowest BCUT2D eigenvalue weighted by Gasteiger charge is -2.23. The Morgan fingerprint density at radius 1 is 1.22 bits per heavy atom. The summed E-state index contributed by atoms with van der Waals surface area (Å²) < 4.78 is 37.7. The summed E-state index contributed by atoms with van der Waals surface area (Å²) in [6.07, 6.45) is 0.782. The number of nitrogens with one attached hydrogen (secondary N) is 2. The molecule has 1 aliphatic rings. The molecule has 8 heteroatoms. The van der Waals surface area contributed by atoms with Gasteiger partial charge in [0.1, 0.15) is 0 Å². The van der Waals surface area contributed by atoms with Crippen LogP contribution in [0.25, 0.3) is 0 Å². The highest BCUT2D eigenvalue weighted by Crippen LogP contribution is 2.33. The monoisotopic (exact) mass is 364 g/mol. The van der Waals surface area contributed by atoms with Crippen molar-refractivity contribution in [3.8, 4) is 0 Å². The summed E-state index contributed by atoms with van der Waals surface area (Å²) in [6.45, 7) is 0. The maximum Gasteiger partial charge on any atom is 0.416 e. The van der Waals surface area contributed by atoms with Gasteiger partial charge in [0.05, 0.1) is 16.3 Å². The smallest absolute Gasteiger partial charge is 0.369 e. The summed E-state index contributed by atoms with van der Waals surface area (Å²) in [4.78, 5) is 12.0. The van der Waals surface area contributed by atoms with Crippen molar-refractivity contribution in [2.75, 3.05) is 5.32 Å². The maximum absolute atomic E-state index is 12.6. The Balaban J connectivity index is 1.98. The number of alkyl halides is 3. The first kappa shape index (κ1) is 18.0. The van der Waals surface area contributed by atoms with Crippen molar-refractivity contribution >= 4 is 40.4 Å². The summed E-state index contributed by atoms with van der Waals surface area (Å²) in [5, 5.41) is 5.24. The number of hydrogen-bond acceptors (Lipinski definition) is 2. The van der Waals surface area contributed by atoms with E-state index in [0.717, 1.165) is 43.9 Å². The SMILES string of the molecule is O=C(Nc1ccc(C(F)(F)F)cc1Cl)C(=S)NC1CCCCC1. The fraction of sp³-hybridized carbons (Fsp3) is 0.467. The molecule has 0 saturated heterocycles. The second-order valence-corrected chi connectivity index (χ2v) is 6.27. The van der Waals surface area contributed by atoms with Crippen LogP contribution >= 0.6 is 23.8 Å². The summed E-state index contributed by atoms with van der Waals surface area (Å²) in [5.41, 5.74) is -0.777. The molecule has 1 amide bonds. The van der Waals surface area contributed by atoms with E-state index < -0.39 is 17.6 Å². The van der Waals surface area contributed by atoms with Crippen molar-refractivity contribution in [1.82, 2.24) is 5.32 Å². The highest BCUT2D eigenvalue weighted by molar-refractivity contribution is 7.82. The van der Waals surface area contributed by atoms with Gasteiger partial charge in [0.2, 0.25) is 0 Å². The number of halogens is 4. The number of hydrogen-bond donors (Lipinski definition) is 2.